The first kappa shape index (κ1) is 24.6. The number of para-hydroxylation sites is 2. The lowest BCUT2D eigenvalue weighted by Gasteiger charge is -2.20. The molecule has 0 fully saturated rings. The zero-order valence-electron chi connectivity index (χ0n) is 19.9. The Morgan fingerprint density at radius 3 is 2.39 bits per heavy atom. The summed E-state index contributed by atoms with van der Waals surface area (Å²) < 4.78 is 16.9. The van der Waals surface area contributed by atoms with Crippen LogP contribution in [0.3, 0.4) is 0 Å². The fourth-order valence-corrected chi connectivity index (χ4v) is 3.49. The van der Waals surface area contributed by atoms with E-state index in [9.17, 15) is 14.7 Å². The minimum atomic E-state index is -1.12. The number of rotatable bonds is 11. The summed E-state index contributed by atoms with van der Waals surface area (Å²) in [6.07, 6.45) is -0.691. The highest BCUT2D eigenvalue weighted by atomic mass is 16.6. The van der Waals surface area contributed by atoms with Crippen molar-refractivity contribution in [1.29, 1.82) is 0 Å². The molecule has 0 aliphatic heterocycles. The maximum absolute atomic E-state index is 12.5. The number of ether oxygens (including phenoxy) is 2. The third kappa shape index (κ3) is 6.75. The topological polar surface area (TPSA) is 105 Å². The molecule has 0 aliphatic carbocycles. The zero-order chi connectivity index (χ0) is 25.3. The normalized spacial score (nSPS) is 10.7. The SMILES string of the molecule is CN(CCOc1ccc(CN(CC(=O)O)C(=O)OCc2ccccc2)cc1)c1nc2ccccc2o1. The van der Waals surface area contributed by atoms with Gasteiger partial charge in [0.25, 0.3) is 6.01 Å². The Kier molecular flexibility index (Phi) is 8.02. The van der Waals surface area contributed by atoms with E-state index in [0.29, 0.717) is 24.9 Å². The van der Waals surface area contributed by atoms with E-state index >= 15 is 0 Å². The number of nitrogens with zero attached hydrogens (tertiary/aromatic N) is 3. The molecular weight excluding hydrogens is 462 g/mol. The van der Waals surface area contributed by atoms with Gasteiger partial charge in [0, 0.05) is 13.6 Å². The monoisotopic (exact) mass is 489 g/mol. The van der Waals surface area contributed by atoms with Crippen LogP contribution in [0.15, 0.2) is 83.3 Å². The quantitative estimate of drug-likeness (QED) is 0.327. The third-order valence-corrected chi connectivity index (χ3v) is 5.39. The number of aromatic nitrogens is 1. The summed E-state index contributed by atoms with van der Waals surface area (Å²) in [5, 5.41) is 9.22. The number of likely N-dealkylation sites (N-methyl/N-ethyl adjacent to an activating group) is 1. The molecule has 0 spiro atoms. The van der Waals surface area contributed by atoms with E-state index in [4.69, 9.17) is 13.9 Å². The molecule has 1 aromatic heterocycles. The molecule has 9 heteroatoms. The summed E-state index contributed by atoms with van der Waals surface area (Å²) in [5.74, 6) is -0.462. The predicted octanol–water partition coefficient (Wildman–Crippen LogP) is 4.57. The molecule has 0 radical (unpaired) electrons. The molecule has 0 bridgehead atoms. The largest absolute Gasteiger partial charge is 0.492 e. The number of oxazole rings is 1. The van der Waals surface area contributed by atoms with Crippen molar-refractivity contribution < 1.29 is 28.6 Å². The Morgan fingerprint density at radius 2 is 1.67 bits per heavy atom. The average molecular weight is 490 g/mol. The lowest BCUT2D eigenvalue weighted by atomic mass is 10.2. The lowest BCUT2D eigenvalue weighted by molar-refractivity contribution is -0.138. The first-order valence-electron chi connectivity index (χ1n) is 11.4. The molecule has 186 valence electrons. The van der Waals surface area contributed by atoms with Crippen molar-refractivity contribution in [3.63, 3.8) is 0 Å². The van der Waals surface area contributed by atoms with E-state index < -0.39 is 18.6 Å². The van der Waals surface area contributed by atoms with Gasteiger partial charge in [0.15, 0.2) is 5.58 Å². The first-order chi connectivity index (χ1) is 17.5. The molecule has 1 heterocycles. The van der Waals surface area contributed by atoms with Gasteiger partial charge in [0.05, 0.1) is 6.54 Å². The summed E-state index contributed by atoms with van der Waals surface area (Å²) in [6, 6.07) is 24.5. The van der Waals surface area contributed by atoms with Crippen molar-refractivity contribution in [2.24, 2.45) is 0 Å². The van der Waals surface area contributed by atoms with Crippen molar-refractivity contribution in [2.45, 2.75) is 13.2 Å². The number of carbonyl (C=O) groups is 2. The second kappa shape index (κ2) is 11.7. The van der Waals surface area contributed by atoms with Crippen LogP contribution in [0.2, 0.25) is 0 Å². The molecule has 4 rings (SSSR count). The number of anilines is 1. The van der Waals surface area contributed by atoms with Crippen LogP contribution >= 0.6 is 0 Å². The Bertz CT molecular complexity index is 1260. The smallest absolute Gasteiger partial charge is 0.410 e. The van der Waals surface area contributed by atoms with Gasteiger partial charge in [-0.05, 0) is 35.4 Å². The molecule has 9 nitrogen and oxygen atoms in total. The van der Waals surface area contributed by atoms with E-state index in [1.54, 1.807) is 24.3 Å². The van der Waals surface area contributed by atoms with E-state index in [1.807, 2.05) is 66.5 Å². The zero-order valence-corrected chi connectivity index (χ0v) is 19.9. The summed E-state index contributed by atoms with van der Waals surface area (Å²) in [4.78, 5) is 31.3. The van der Waals surface area contributed by atoms with Gasteiger partial charge < -0.3 is 23.9 Å². The highest BCUT2D eigenvalue weighted by Crippen LogP contribution is 2.21. The van der Waals surface area contributed by atoms with E-state index in [1.165, 1.54) is 0 Å². The minimum absolute atomic E-state index is 0.0700. The third-order valence-electron chi connectivity index (χ3n) is 5.39. The molecule has 36 heavy (non-hydrogen) atoms. The second-order valence-electron chi connectivity index (χ2n) is 8.17. The summed E-state index contributed by atoms with van der Waals surface area (Å²) >= 11 is 0. The van der Waals surface area contributed by atoms with Gasteiger partial charge in [0.1, 0.15) is 31.0 Å². The van der Waals surface area contributed by atoms with Gasteiger partial charge in [-0.3, -0.25) is 9.69 Å². The van der Waals surface area contributed by atoms with Crippen LogP contribution in [0.4, 0.5) is 10.8 Å². The van der Waals surface area contributed by atoms with E-state index in [0.717, 1.165) is 27.1 Å². The van der Waals surface area contributed by atoms with E-state index in [-0.39, 0.29) is 13.2 Å². The minimum Gasteiger partial charge on any atom is -0.492 e. The number of aliphatic carboxylic acids is 1. The number of carboxylic acids is 1. The number of fused-ring (bicyclic) bond motifs is 1. The van der Waals surface area contributed by atoms with Crippen molar-refractivity contribution in [2.75, 3.05) is 31.6 Å². The molecule has 0 atom stereocenters. The standard InChI is InChI=1S/C27H27N3O6/c1-29(26-28-23-9-5-6-10-24(23)36-26)15-16-34-22-13-11-20(12-14-22)17-30(18-25(31)32)27(33)35-19-21-7-3-2-4-8-21/h2-14H,15-19H2,1H3,(H,31,32). The Morgan fingerprint density at radius 1 is 0.944 bits per heavy atom. The molecule has 0 unspecified atom stereocenters. The second-order valence-corrected chi connectivity index (χ2v) is 8.17. The van der Waals surface area contributed by atoms with Crippen LogP contribution in [0, 0.1) is 0 Å². The van der Waals surface area contributed by atoms with Crippen LogP contribution < -0.4 is 9.64 Å². The molecule has 1 N–H and O–H groups in total. The lowest BCUT2D eigenvalue weighted by Crippen LogP contribution is -2.35. The van der Waals surface area contributed by atoms with E-state index in [2.05, 4.69) is 4.98 Å². The summed E-state index contributed by atoms with van der Waals surface area (Å²) in [6.45, 7) is 0.676. The van der Waals surface area contributed by atoms with Gasteiger partial charge in [0.2, 0.25) is 0 Å². The van der Waals surface area contributed by atoms with Gasteiger partial charge in [-0.15, -0.1) is 0 Å². The van der Waals surface area contributed by atoms with Crippen LogP contribution in [0.5, 0.6) is 5.75 Å². The fourth-order valence-electron chi connectivity index (χ4n) is 3.49. The molecular formula is C27H27N3O6. The number of amides is 1. The number of benzene rings is 3. The Hall–Kier alpha value is -4.53. The highest BCUT2D eigenvalue weighted by Gasteiger charge is 2.19. The molecule has 4 aromatic rings. The number of carbonyl (C=O) groups excluding carboxylic acids is 1. The maximum atomic E-state index is 12.5. The van der Waals surface area contributed by atoms with Gasteiger partial charge in [-0.1, -0.05) is 54.6 Å². The average Bonchev–Trinajstić information content (AvgIpc) is 3.33. The number of carboxylic acid groups (broad SMARTS) is 1. The van der Waals surface area contributed by atoms with Crippen LogP contribution in [0.1, 0.15) is 11.1 Å². The molecule has 0 aliphatic rings. The molecule has 0 saturated carbocycles. The van der Waals surface area contributed by atoms with Crippen LogP contribution in [-0.2, 0) is 22.7 Å². The predicted molar refractivity (Wildman–Crippen MR) is 134 cm³/mol. The van der Waals surface area contributed by atoms with Gasteiger partial charge in [-0.2, -0.15) is 4.98 Å². The van der Waals surface area contributed by atoms with Crippen LogP contribution in [0.25, 0.3) is 11.1 Å². The van der Waals surface area contributed by atoms with Crippen molar-refractivity contribution >= 4 is 29.2 Å². The van der Waals surface area contributed by atoms with Gasteiger partial charge in [-0.25, -0.2) is 4.79 Å². The Balaban J connectivity index is 1.27. The van der Waals surface area contributed by atoms with Crippen LogP contribution in [-0.4, -0.2) is 53.8 Å². The molecule has 3 aromatic carbocycles. The van der Waals surface area contributed by atoms with Crippen molar-refractivity contribution in [1.82, 2.24) is 9.88 Å². The summed E-state index contributed by atoms with van der Waals surface area (Å²) in [7, 11) is 1.88. The molecule has 0 saturated heterocycles. The van der Waals surface area contributed by atoms with Crippen molar-refractivity contribution in [3.05, 3.63) is 90.0 Å². The van der Waals surface area contributed by atoms with Gasteiger partial charge >= 0.3 is 12.1 Å². The summed E-state index contributed by atoms with van der Waals surface area (Å²) in [5.41, 5.74) is 3.11. The number of hydrogen-bond acceptors (Lipinski definition) is 7. The molecule has 1 amide bonds. The number of hydrogen-bond donors (Lipinski definition) is 1. The first-order valence-corrected chi connectivity index (χ1v) is 11.4. The Labute approximate surface area is 208 Å². The maximum Gasteiger partial charge on any atom is 0.410 e. The highest BCUT2D eigenvalue weighted by molar-refractivity contribution is 5.76. The fraction of sp³-hybridized carbons (Fsp3) is 0.222. The van der Waals surface area contributed by atoms with Crippen molar-refractivity contribution in [3.8, 4) is 5.75 Å².